The average Bonchev–Trinajstić information content (AvgIpc) is 2.19. The number of hydrogen-bond donors (Lipinski definition) is 4. The van der Waals surface area contributed by atoms with E-state index in [0.29, 0.717) is 11.7 Å². The van der Waals surface area contributed by atoms with Gasteiger partial charge in [-0.1, -0.05) is 0 Å². The molecule has 1 aliphatic rings. The van der Waals surface area contributed by atoms with Crippen molar-refractivity contribution in [2.75, 3.05) is 20.3 Å². The highest BCUT2D eigenvalue weighted by Crippen LogP contribution is 2.12. The summed E-state index contributed by atoms with van der Waals surface area (Å²) < 4.78 is 5.04. The second-order valence-electron chi connectivity index (χ2n) is 2.92. The third kappa shape index (κ3) is 6.09. The van der Waals surface area contributed by atoms with Gasteiger partial charge in [0.2, 0.25) is 0 Å². The van der Waals surface area contributed by atoms with Gasteiger partial charge in [-0.15, -0.1) is 0 Å². The van der Waals surface area contributed by atoms with Gasteiger partial charge >= 0.3 is 0 Å². The molecule has 0 aromatic rings. The Kier molecular flexibility index (Phi) is 7.68. The highest BCUT2D eigenvalue weighted by molar-refractivity contribution is 7.80. The molecule has 5 nitrogen and oxygen atoms in total. The second-order valence-corrected chi connectivity index (χ2v) is 3.36. The third-order valence-corrected chi connectivity index (χ3v) is 2.04. The minimum Gasteiger partial charge on any atom is -0.394 e. The van der Waals surface area contributed by atoms with Crippen LogP contribution in [0.1, 0.15) is 12.8 Å². The molecule has 1 rings (SSSR count). The molecule has 0 bridgehead atoms. The summed E-state index contributed by atoms with van der Waals surface area (Å²) in [5, 5.41) is 20.5. The number of nitrogens with one attached hydrogen (secondary N) is 1. The topological polar surface area (TPSA) is 87.7 Å². The van der Waals surface area contributed by atoms with Crippen molar-refractivity contribution in [3.63, 3.8) is 0 Å². The van der Waals surface area contributed by atoms with Crippen molar-refractivity contribution >= 4 is 17.3 Å². The monoisotopic (exact) mass is 222 g/mol. The van der Waals surface area contributed by atoms with Crippen molar-refractivity contribution in [3.8, 4) is 0 Å². The summed E-state index contributed by atoms with van der Waals surface area (Å²) in [5.41, 5.74) is 4.91. The zero-order valence-electron chi connectivity index (χ0n) is 8.27. The molecule has 1 saturated heterocycles. The average molecular weight is 222 g/mol. The van der Waals surface area contributed by atoms with Gasteiger partial charge in [0.15, 0.2) is 5.11 Å². The number of nitrogens with two attached hydrogens (primary N) is 1. The van der Waals surface area contributed by atoms with E-state index in [1.807, 2.05) is 0 Å². The van der Waals surface area contributed by atoms with E-state index >= 15 is 0 Å². The normalized spacial score (nSPS) is 25.9. The van der Waals surface area contributed by atoms with Crippen molar-refractivity contribution in [1.29, 1.82) is 0 Å². The molecule has 84 valence electrons. The Bertz CT molecular complexity index is 169. The molecular formula is C8H18N2O3S. The molecule has 0 aromatic heterocycles. The summed E-state index contributed by atoms with van der Waals surface area (Å²) in [4.78, 5) is 0. The Morgan fingerprint density at radius 1 is 1.71 bits per heavy atom. The predicted octanol–water partition coefficient (Wildman–Crippen LogP) is -1.03. The molecule has 6 heteroatoms. The molecule has 0 saturated carbocycles. The maximum absolute atomic E-state index is 9.08. The standard InChI is InChI=1S/C6H12O3.C2H6N2S/c7-4-6-5(8)2-1-3-9-6;1-4-2(3)5/h5-8H,1-4H2;1H3,(H3,3,4,5)/t5-,6?;/m0./s1. The molecule has 1 heterocycles. The largest absolute Gasteiger partial charge is 0.394 e. The van der Waals surface area contributed by atoms with Crippen LogP contribution < -0.4 is 11.1 Å². The molecule has 1 unspecified atom stereocenters. The van der Waals surface area contributed by atoms with Crippen LogP contribution in [0.2, 0.25) is 0 Å². The minimum atomic E-state index is -0.455. The lowest BCUT2D eigenvalue weighted by Gasteiger charge is -2.25. The first-order chi connectivity index (χ1) is 6.61. The van der Waals surface area contributed by atoms with Crippen LogP contribution in [-0.4, -0.2) is 47.8 Å². The molecule has 5 N–H and O–H groups in total. The van der Waals surface area contributed by atoms with Crippen LogP contribution in [0.3, 0.4) is 0 Å². The lowest BCUT2D eigenvalue weighted by Crippen LogP contribution is -2.36. The van der Waals surface area contributed by atoms with Gasteiger partial charge in [-0.3, -0.25) is 0 Å². The van der Waals surface area contributed by atoms with E-state index in [0.717, 1.165) is 12.8 Å². The fourth-order valence-corrected chi connectivity index (χ4v) is 0.999. The number of ether oxygens (including phenoxy) is 1. The van der Waals surface area contributed by atoms with Crippen LogP contribution >= 0.6 is 12.2 Å². The summed E-state index contributed by atoms with van der Waals surface area (Å²) in [6, 6.07) is 0. The highest BCUT2D eigenvalue weighted by Gasteiger charge is 2.22. The van der Waals surface area contributed by atoms with Crippen LogP contribution in [-0.2, 0) is 4.74 Å². The second kappa shape index (κ2) is 7.93. The lowest BCUT2D eigenvalue weighted by atomic mass is 10.1. The van der Waals surface area contributed by atoms with E-state index < -0.39 is 6.10 Å². The van der Waals surface area contributed by atoms with E-state index in [9.17, 15) is 0 Å². The van der Waals surface area contributed by atoms with Gasteiger partial charge in [0.25, 0.3) is 0 Å². The van der Waals surface area contributed by atoms with Crippen LogP contribution in [0.25, 0.3) is 0 Å². The molecular weight excluding hydrogens is 204 g/mol. The summed E-state index contributed by atoms with van der Waals surface area (Å²) in [6.45, 7) is 0.601. The quantitative estimate of drug-likeness (QED) is 0.424. The smallest absolute Gasteiger partial charge is 0.163 e. The predicted molar refractivity (Wildman–Crippen MR) is 57.9 cm³/mol. The zero-order valence-corrected chi connectivity index (χ0v) is 9.09. The molecule has 14 heavy (non-hydrogen) atoms. The van der Waals surface area contributed by atoms with Gasteiger partial charge in [0.05, 0.1) is 12.7 Å². The van der Waals surface area contributed by atoms with E-state index in [1.54, 1.807) is 7.05 Å². The molecule has 0 amide bonds. The summed E-state index contributed by atoms with van der Waals surface area (Å²) >= 11 is 4.36. The van der Waals surface area contributed by atoms with Gasteiger partial charge in [-0.2, -0.15) is 0 Å². The fraction of sp³-hybridized carbons (Fsp3) is 0.875. The zero-order chi connectivity index (χ0) is 11.0. The van der Waals surface area contributed by atoms with Crippen molar-refractivity contribution in [2.24, 2.45) is 5.73 Å². The van der Waals surface area contributed by atoms with E-state index in [-0.39, 0.29) is 12.7 Å². The summed E-state index contributed by atoms with van der Waals surface area (Å²) in [5.74, 6) is 0. The Morgan fingerprint density at radius 2 is 2.29 bits per heavy atom. The summed E-state index contributed by atoms with van der Waals surface area (Å²) in [6.07, 6.45) is 0.866. The van der Waals surface area contributed by atoms with Crippen molar-refractivity contribution < 1.29 is 14.9 Å². The number of aliphatic hydroxyl groups excluding tert-OH is 2. The van der Waals surface area contributed by atoms with Gasteiger partial charge in [-0.05, 0) is 25.1 Å². The number of thiocarbonyl (C=S) groups is 1. The maximum Gasteiger partial charge on any atom is 0.163 e. The molecule has 1 aliphatic heterocycles. The highest BCUT2D eigenvalue weighted by atomic mass is 32.1. The number of hydrogen-bond acceptors (Lipinski definition) is 4. The Hall–Kier alpha value is -0.430. The molecule has 0 aromatic carbocycles. The first kappa shape index (κ1) is 13.6. The van der Waals surface area contributed by atoms with Gasteiger partial charge in [0, 0.05) is 13.7 Å². The first-order valence-corrected chi connectivity index (χ1v) is 4.90. The molecule has 1 fully saturated rings. The van der Waals surface area contributed by atoms with Gasteiger partial charge in [-0.25, -0.2) is 0 Å². The number of aliphatic hydroxyl groups is 2. The fourth-order valence-electron chi connectivity index (χ4n) is 0.999. The summed E-state index contributed by atoms with van der Waals surface area (Å²) in [7, 11) is 1.68. The molecule has 2 atom stereocenters. The molecule has 0 radical (unpaired) electrons. The minimum absolute atomic E-state index is 0.0683. The third-order valence-electron chi connectivity index (χ3n) is 1.83. The van der Waals surface area contributed by atoms with E-state index in [4.69, 9.17) is 20.7 Å². The van der Waals surface area contributed by atoms with Crippen molar-refractivity contribution in [1.82, 2.24) is 5.32 Å². The maximum atomic E-state index is 9.08. The Morgan fingerprint density at radius 3 is 2.57 bits per heavy atom. The van der Waals surface area contributed by atoms with Crippen LogP contribution in [0.15, 0.2) is 0 Å². The molecule has 0 spiro atoms. The van der Waals surface area contributed by atoms with Crippen LogP contribution in [0.5, 0.6) is 0 Å². The van der Waals surface area contributed by atoms with E-state index in [2.05, 4.69) is 17.5 Å². The van der Waals surface area contributed by atoms with E-state index in [1.165, 1.54) is 0 Å². The van der Waals surface area contributed by atoms with Gasteiger partial charge in [0.1, 0.15) is 6.10 Å². The van der Waals surface area contributed by atoms with Crippen LogP contribution in [0, 0.1) is 0 Å². The van der Waals surface area contributed by atoms with Crippen molar-refractivity contribution in [2.45, 2.75) is 25.0 Å². The van der Waals surface area contributed by atoms with Crippen LogP contribution in [0.4, 0.5) is 0 Å². The van der Waals surface area contributed by atoms with Crippen molar-refractivity contribution in [3.05, 3.63) is 0 Å². The number of rotatable bonds is 1. The van der Waals surface area contributed by atoms with Gasteiger partial charge < -0.3 is 26.0 Å². The first-order valence-electron chi connectivity index (χ1n) is 4.49. The Labute approximate surface area is 89.2 Å². The molecule has 0 aliphatic carbocycles. The lowest BCUT2D eigenvalue weighted by molar-refractivity contribution is -0.0942. The Balaban J connectivity index is 0.000000292. The SMILES string of the molecule is CNC(N)=S.OCC1OCCC[C@@H]1O.